The summed E-state index contributed by atoms with van der Waals surface area (Å²) in [5.41, 5.74) is 3.59. The second kappa shape index (κ2) is 3.11. The molecular weight excluding hydrogens is 226 g/mol. The molecule has 0 aliphatic carbocycles. The number of benzene rings is 1. The van der Waals surface area contributed by atoms with Crippen molar-refractivity contribution >= 4 is 26.8 Å². The molecular formula is C11H10BrN. The molecule has 0 N–H and O–H groups in total. The lowest BCUT2D eigenvalue weighted by atomic mass is 10.1. The van der Waals surface area contributed by atoms with Gasteiger partial charge in [0.1, 0.15) is 0 Å². The van der Waals surface area contributed by atoms with Gasteiger partial charge in [0.05, 0.1) is 5.52 Å². The summed E-state index contributed by atoms with van der Waals surface area (Å²) < 4.78 is 1.12. The van der Waals surface area contributed by atoms with Gasteiger partial charge in [-0.25, -0.2) is 0 Å². The fraction of sp³-hybridized carbons (Fsp3) is 0.182. The maximum absolute atomic E-state index is 4.36. The first-order valence-electron chi connectivity index (χ1n) is 4.20. The Labute approximate surface area is 85.9 Å². The molecule has 66 valence electrons. The Morgan fingerprint density at radius 3 is 2.69 bits per heavy atom. The number of halogens is 1. The zero-order chi connectivity index (χ0) is 9.42. The van der Waals surface area contributed by atoms with Crippen LogP contribution in [0.3, 0.4) is 0 Å². The SMILES string of the molecule is Cc1ccnc2c(C)cc(Br)cc12. The van der Waals surface area contributed by atoms with Gasteiger partial charge in [0.15, 0.2) is 0 Å². The van der Waals surface area contributed by atoms with Crippen molar-refractivity contribution in [3.63, 3.8) is 0 Å². The topological polar surface area (TPSA) is 12.9 Å². The summed E-state index contributed by atoms with van der Waals surface area (Å²) in [6.07, 6.45) is 1.86. The van der Waals surface area contributed by atoms with E-state index in [4.69, 9.17) is 0 Å². The van der Waals surface area contributed by atoms with Crippen LogP contribution in [0.15, 0.2) is 28.9 Å². The van der Waals surface area contributed by atoms with E-state index in [9.17, 15) is 0 Å². The Hall–Kier alpha value is -0.890. The quantitative estimate of drug-likeness (QED) is 0.680. The number of rotatable bonds is 0. The number of nitrogens with zero attached hydrogens (tertiary/aromatic N) is 1. The molecule has 0 unspecified atom stereocenters. The van der Waals surface area contributed by atoms with Gasteiger partial charge in [0.25, 0.3) is 0 Å². The first kappa shape index (κ1) is 8.70. The van der Waals surface area contributed by atoms with Gasteiger partial charge < -0.3 is 0 Å². The minimum Gasteiger partial charge on any atom is -0.256 e. The van der Waals surface area contributed by atoms with Gasteiger partial charge in [-0.1, -0.05) is 15.9 Å². The molecule has 0 aliphatic rings. The first-order chi connectivity index (χ1) is 6.18. The Balaban J connectivity index is 2.94. The van der Waals surface area contributed by atoms with Crippen LogP contribution in [0.25, 0.3) is 10.9 Å². The van der Waals surface area contributed by atoms with Crippen molar-refractivity contribution in [2.24, 2.45) is 0 Å². The highest BCUT2D eigenvalue weighted by Gasteiger charge is 2.01. The van der Waals surface area contributed by atoms with Crippen molar-refractivity contribution < 1.29 is 0 Å². The van der Waals surface area contributed by atoms with Gasteiger partial charge in [0.2, 0.25) is 0 Å². The Bertz CT molecular complexity index is 463. The fourth-order valence-electron chi connectivity index (χ4n) is 1.52. The lowest BCUT2D eigenvalue weighted by molar-refractivity contribution is 1.33. The van der Waals surface area contributed by atoms with Gasteiger partial charge in [0, 0.05) is 16.1 Å². The van der Waals surface area contributed by atoms with Crippen LogP contribution < -0.4 is 0 Å². The van der Waals surface area contributed by atoms with Crippen LogP contribution in [0.2, 0.25) is 0 Å². The first-order valence-corrected chi connectivity index (χ1v) is 4.99. The van der Waals surface area contributed by atoms with Gasteiger partial charge in [-0.2, -0.15) is 0 Å². The van der Waals surface area contributed by atoms with Crippen LogP contribution in [0.4, 0.5) is 0 Å². The van der Waals surface area contributed by atoms with Crippen molar-refractivity contribution in [1.82, 2.24) is 4.98 Å². The van der Waals surface area contributed by atoms with Crippen LogP contribution in [-0.4, -0.2) is 4.98 Å². The van der Waals surface area contributed by atoms with Crippen molar-refractivity contribution in [2.45, 2.75) is 13.8 Å². The molecule has 2 rings (SSSR count). The third-order valence-electron chi connectivity index (χ3n) is 2.22. The van der Waals surface area contributed by atoms with Crippen molar-refractivity contribution in [2.75, 3.05) is 0 Å². The monoisotopic (exact) mass is 235 g/mol. The highest BCUT2D eigenvalue weighted by atomic mass is 79.9. The lowest BCUT2D eigenvalue weighted by Gasteiger charge is -2.04. The average molecular weight is 236 g/mol. The van der Waals surface area contributed by atoms with Crippen LogP contribution in [0.1, 0.15) is 11.1 Å². The second-order valence-electron chi connectivity index (χ2n) is 3.25. The number of hydrogen-bond donors (Lipinski definition) is 0. The summed E-state index contributed by atoms with van der Waals surface area (Å²) in [5.74, 6) is 0. The maximum atomic E-state index is 4.36. The zero-order valence-electron chi connectivity index (χ0n) is 7.63. The predicted octanol–water partition coefficient (Wildman–Crippen LogP) is 3.61. The van der Waals surface area contributed by atoms with Crippen LogP contribution in [0, 0.1) is 13.8 Å². The van der Waals surface area contributed by atoms with E-state index in [1.807, 2.05) is 12.3 Å². The molecule has 1 heterocycles. The fourth-order valence-corrected chi connectivity index (χ4v) is 2.09. The van der Waals surface area contributed by atoms with E-state index in [0.717, 1.165) is 9.99 Å². The van der Waals surface area contributed by atoms with Gasteiger partial charge in [-0.15, -0.1) is 0 Å². The summed E-state index contributed by atoms with van der Waals surface area (Å²) in [6, 6.07) is 6.24. The molecule has 0 fully saturated rings. The van der Waals surface area contributed by atoms with Crippen molar-refractivity contribution in [1.29, 1.82) is 0 Å². The smallest absolute Gasteiger partial charge is 0.0734 e. The molecule has 0 spiro atoms. The minimum atomic E-state index is 1.10. The summed E-state index contributed by atoms with van der Waals surface area (Å²) >= 11 is 3.49. The second-order valence-corrected chi connectivity index (χ2v) is 4.16. The van der Waals surface area contributed by atoms with Gasteiger partial charge in [-0.3, -0.25) is 4.98 Å². The molecule has 0 saturated carbocycles. The van der Waals surface area contributed by atoms with E-state index in [1.165, 1.54) is 16.5 Å². The highest BCUT2D eigenvalue weighted by molar-refractivity contribution is 9.10. The van der Waals surface area contributed by atoms with Crippen molar-refractivity contribution in [3.05, 3.63) is 40.0 Å². The molecule has 0 aliphatic heterocycles. The van der Waals surface area contributed by atoms with Crippen LogP contribution in [-0.2, 0) is 0 Å². The Morgan fingerprint density at radius 1 is 1.15 bits per heavy atom. The molecule has 0 radical (unpaired) electrons. The number of hydrogen-bond acceptors (Lipinski definition) is 1. The molecule has 1 aromatic heterocycles. The Morgan fingerprint density at radius 2 is 1.92 bits per heavy atom. The molecule has 2 heteroatoms. The zero-order valence-corrected chi connectivity index (χ0v) is 9.22. The van der Waals surface area contributed by atoms with E-state index in [1.54, 1.807) is 0 Å². The number of aryl methyl sites for hydroxylation is 2. The average Bonchev–Trinajstić information content (AvgIpc) is 2.07. The third kappa shape index (κ3) is 1.46. The van der Waals surface area contributed by atoms with E-state index < -0.39 is 0 Å². The van der Waals surface area contributed by atoms with E-state index >= 15 is 0 Å². The number of pyridine rings is 1. The van der Waals surface area contributed by atoms with Crippen LogP contribution >= 0.6 is 15.9 Å². The molecule has 2 aromatic rings. The predicted molar refractivity (Wildman–Crippen MR) is 58.9 cm³/mol. The van der Waals surface area contributed by atoms with E-state index in [-0.39, 0.29) is 0 Å². The lowest BCUT2D eigenvalue weighted by Crippen LogP contribution is -1.86. The van der Waals surface area contributed by atoms with Crippen molar-refractivity contribution in [3.8, 4) is 0 Å². The standard InChI is InChI=1S/C11H10BrN/c1-7-3-4-13-11-8(2)5-9(12)6-10(7)11/h3-6H,1-2H3. The number of aromatic nitrogens is 1. The summed E-state index contributed by atoms with van der Waals surface area (Å²) in [6.45, 7) is 4.19. The third-order valence-corrected chi connectivity index (χ3v) is 2.68. The molecule has 0 saturated heterocycles. The van der Waals surface area contributed by atoms with E-state index in [0.29, 0.717) is 0 Å². The Kier molecular flexibility index (Phi) is 2.08. The summed E-state index contributed by atoms with van der Waals surface area (Å²) in [7, 11) is 0. The molecule has 0 amide bonds. The summed E-state index contributed by atoms with van der Waals surface area (Å²) in [5, 5.41) is 1.23. The normalized spacial score (nSPS) is 10.7. The molecule has 13 heavy (non-hydrogen) atoms. The van der Waals surface area contributed by atoms with Gasteiger partial charge in [-0.05, 0) is 43.2 Å². The molecule has 0 bridgehead atoms. The molecule has 0 atom stereocenters. The highest BCUT2D eigenvalue weighted by Crippen LogP contribution is 2.24. The molecule has 1 aromatic carbocycles. The van der Waals surface area contributed by atoms with Gasteiger partial charge >= 0.3 is 0 Å². The molecule has 1 nitrogen and oxygen atoms in total. The summed E-state index contributed by atoms with van der Waals surface area (Å²) in [4.78, 5) is 4.36. The largest absolute Gasteiger partial charge is 0.256 e. The van der Waals surface area contributed by atoms with Crippen LogP contribution in [0.5, 0.6) is 0 Å². The minimum absolute atomic E-state index is 1.10. The number of fused-ring (bicyclic) bond motifs is 1. The maximum Gasteiger partial charge on any atom is 0.0734 e. The van der Waals surface area contributed by atoms with E-state index in [2.05, 4.69) is 46.9 Å².